The van der Waals surface area contributed by atoms with Crippen molar-refractivity contribution in [1.29, 1.82) is 0 Å². The molecule has 8 heteroatoms. The maximum absolute atomic E-state index is 12.1. The molecule has 0 atom stereocenters. The second-order valence-corrected chi connectivity index (χ2v) is 8.12. The van der Waals surface area contributed by atoms with Crippen molar-refractivity contribution >= 4 is 5.91 Å². The number of aryl methyl sites for hydroxylation is 1. The Bertz CT molecular complexity index is 1010. The minimum Gasteiger partial charge on any atom is -0.497 e. The zero-order valence-corrected chi connectivity index (χ0v) is 18.4. The number of hydrogen-bond acceptors (Lipinski definition) is 7. The van der Waals surface area contributed by atoms with Crippen LogP contribution in [-0.2, 0) is 4.79 Å². The molecule has 3 aromatic rings. The van der Waals surface area contributed by atoms with Crippen LogP contribution in [0, 0.1) is 12.8 Å². The summed E-state index contributed by atoms with van der Waals surface area (Å²) in [6.45, 7) is 2.60. The number of benzene rings is 1. The first kappa shape index (κ1) is 21.8. The molecule has 1 fully saturated rings. The Morgan fingerprint density at radius 2 is 1.81 bits per heavy atom. The van der Waals surface area contributed by atoms with Crippen LogP contribution in [0.2, 0.25) is 0 Å². The minimum atomic E-state index is -0.115. The van der Waals surface area contributed by atoms with E-state index in [1.54, 1.807) is 37.6 Å². The van der Waals surface area contributed by atoms with Crippen molar-refractivity contribution in [3.63, 3.8) is 0 Å². The highest BCUT2D eigenvalue weighted by Gasteiger charge is 2.26. The Kier molecular flexibility index (Phi) is 6.99. The van der Waals surface area contributed by atoms with E-state index in [0.29, 0.717) is 30.0 Å². The van der Waals surface area contributed by atoms with Crippen LogP contribution in [0.4, 0.5) is 0 Å². The first-order valence-electron chi connectivity index (χ1n) is 10.9. The van der Waals surface area contributed by atoms with Crippen LogP contribution in [0.1, 0.15) is 43.2 Å². The van der Waals surface area contributed by atoms with Crippen molar-refractivity contribution in [2.75, 3.05) is 20.3 Å². The molecular weight excluding hydrogens is 408 g/mol. The predicted octanol–water partition coefficient (Wildman–Crippen LogP) is 3.92. The van der Waals surface area contributed by atoms with Gasteiger partial charge in [0.25, 0.3) is 5.91 Å². The van der Waals surface area contributed by atoms with Crippen molar-refractivity contribution in [3.8, 4) is 23.0 Å². The fourth-order valence-electron chi connectivity index (χ4n) is 3.85. The van der Waals surface area contributed by atoms with Crippen molar-refractivity contribution in [3.05, 3.63) is 54.2 Å². The van der Waals surface area contributed by atoms with E-state index in [9.17, 15) is 4.79 Å². The summed E-state index contributed by atoms with van der Waals surface area (Å²) in [6.07, 6.45) is 5.71. The second-order valence-electron chi connectivity index (χ2n) is 8.12. The van der Waals surface area contributed by atoms with Gasteiger partial charge in [0.15, 0.2) is 6.61 Å². The number of carbonyl (C=O) groups excluding carboxylic acids is 1. The molecule has 1 aliphatic rings. The van der Waals surface area contributed by atoms with Gasteiger partial charge in [0.05, 0.1) is 12.7 Å². The van der Waals surface area contributed by atoms with Crippen LogP contribution < -0.4 is 14.8 Å². The van der Waals surface area contributed by atoms with E-state index in [-0.39, 0.29) is 18.4 Å². The highest BCUT2D eigenvalue weighted by Crippen LogP contribution is 2.35. The molecule has 0 unspecified atom stereocenters. The van der Waals surface area contributed by atoms with Crippen LogP contribution >= 0.6 is 0 Å². The summed E-state index contributed by atoms with van der Waals surface area (Å²) in [5, 5.41) is 11.4. The van der Waals surface area contributed by atoms with Gasteiger partial charge in [-0.3, -0.25) is 9.78 Å². The molecule has 168 valence electrons. The smallest absolute Gasteiger partial charge is 0.257 e. The average Bonchev–Trinajstić information content (AvgIpc) is 3.33. The molecule has 1 aliphatic carbocycles. The summed E-state index contributed by atoms with van der Waals surface area (Å²) >= 11 is 0. The lowest BCUT2D eigenvalue weighted by Crippen LogP contribution is -2.34. The highest BCUT2D eigenvalue weighted by molar-refractivity contribution is 5.77. The van der Waals surface area contributed by atoms with Crippen LogP contribution in [0.5, 0.6) is 11.5 Å². The molecule has 1 saturated carbocycles. The molecule has 0 radical (unpaired) electrons. The van der Waals surface area contributed by atoms with Gasteiger partial charge in [-0.05, 0) is 74.9 Å². The van der Waals surface area contributed by atoms with Crippen LogP contribution in [0.15, 0.2) is 47.0 Å². The number of methoxy groups -OCH3 is 1. The van der Waals surface area contributed by atoms with Gasteiger partial charge in [-0.15, -0.1) is 10.2 Å². The van der Waals surface area contributed by atoms with E-state index >= 15 is 0 Å². The van der Waals surface area contributed by atoms with Crippen LogP contribution in [0.25, 0.3) is 11.5 Å². The Morgan fingerprint density at radius 3 is 2.50 bits per heavy atom. The Morgan fingerprint density at radius 1 is 1.06 bits per heavy atom. The van der Waals surface area contributed by atoms with Gasteiger partial charge in [-0.25, -0.2) is 0 Å². The first-order chi connectivity index (χ1) is 15.6. The van der Waals surface area contributed by atoms with Crippen LogP contribution in [-0.4, -0.2) is 41.3 Å². The quantitative estimate of drug-likeness (QED) is 0.571. The molecule has 1 N–H and O–H groups in total. The third-order valence-corrected chi connectivity index (χ3v) is 5.81. The minimum absolute atomic E-state index is 0.000301. The van der Waals surface area contributed by atoms with Gasteiger partial charge in [0, 0.05) is 24.4 Å². The number of rotatable bonds is 8. The Balaban J connectivity index is 1.18. The number of nitrogens with one attached hydrogen (secondary N) is 1. The average molecular weight is 437 g/mol. The second kappa shape index (κ2) is 10.3. The Labute approximate surface area is 187 Å². The normalized spacial score (nSPS) is 18.2. The van der Waals surface area contributed by atoms with E-state index in [0.717, 1.165) is 42.7 Å². The van der Waals surface area contributed by atoms with E-state index in [2.05, 4.69) is 20.5 Å². The number of pyridine rings is 1. The SMILES string of the molecule is COc1ccc(OCC(=O)NCC2CCC(c3nnc(-c4ccc(C)nc4)o3)CC2)cc1. The molecule has 0 aliphatic heterocycles. The monoisotopic (exact) mass is 436 g/mol. The lowest BCUT2D eigenvalue weighted by Gasteiger charge is -2.26. The number of aromatic nitrogens is 3. The molecule has 8 nitrogen and oxygen atoms in total. The number of hydrogen-bond donors (Lipinski definition) is 1. The molecular formula is C24H28N4O4. The molecule has 0 spiro atoms. The summed E-state index contributed by atoms with van der Waals surface area (Å²) in [4.78, 5) is 16.4. The van der Waals surface area contributed by atoms with Crippen molar-refractivity contribution in [2.45, 2.75) is 38.5 Å². The summed E-state index contributed by atoms with van der Waals surface area (Å²) in [5.41, 5.74) is 1.79. The van der Waals surface area contributed by atoms with Gasteiger partial charge in [0.1, 0.15) is 11.5 Å². The van der Waals surface area contributed by atoms with E-state index < -0.39 is 0 Å². The zero-order chi connectivity index (χ0) is 22.3. The maximum atomic E-state index is 12.1. The summed E-state index contributed by atoms with van der Waals surface area (Å²) < 4.78 is 16.6. The summed E-state index contributed by atoms with van der Waals surface area (Å²) in [7, 11) is 1.61. The number of ether oxygens (including phenoxy) is 2. The van der Waals surface area contributed by atoms with Gasteiger partial charge in [-0.1, -0.05) is 0 Å². The molecule has 0 bridgehead atoms. The highest BCUT2D eigenvalue weighted by atomic mass is 16.5. The van der Waals surface area contributed by atoms with E-state index in [1.165, 1.54) is 0 Å². The topological polar surface area (TPSA) is 99.4 Å². The molecule has 0 saturated heterocycles. The molecule has 2 aromatic heterocycles. The molecule has 1 aromatic carbocycles. The molecule has 2 heterocycles. The fourth-order valence-corrected chi connectivity index (χ4v) is 3.85. The predicted molar refractivity (Wildman–Crippen MR) is 118 cm³/mol. The first-order valence-corrected chi connectivity index (χ1v) is 10.9. The number of amides is 1. The molecule has 4 rings (SSSR count). The maximum Gasteiger partial charge on any atom is 0.257 e. The zero-order valence-electron chi connectivity index (χ0n) is 18.4. The van der Waals surface area contributed by atoms with Crippen molar-refractivity contribution in [1.82, 2.24) is 20.5 Å². The standard InChI is InChI=1S/C24H28N4O4/c1-16-3-6-19(14-25-16)24-28-27-23(32-24)18-7-4-17(5-8-18)13-26-22(29)15-31-21-11-9-20(30-2)10-12-21/h3,6,9-12,14,17-18H,4-5,7-8,13,15H2,1-2H3,(H,26,29). The number of carbonyl (C=O) groups is 1. The summed E-state index contributed by atoms with van der Waals surface area (Å²) in [6, 6.07) is 11.0. The van der Waals surface area contributed by atoms with Gasteiger partial charge >= 0.3 is 0 Å². The summed E-state index contributed by atoms with van der Waals surface area (Å²) in [5.74, 6) is 3.19. The lowest BCUT2D eigenvalue weighted by atomic mass is 9.82. The lowest BCUT2D eigenvalue weighted by molar-refractivity contribution is -0.123. The van der Waals surface area contributed by atoms with E-state index in [1.807, 2.05) is 19.1 Å². The fraction of sp³-hybridized carbons (Fsp3) is 0.417. The van der Waals surface area contributed by atoms with E-state index in [4.69, 9.17) is 13.9 Å². The third kappa shape index (κ3) is 5.63. The third-order valence-electron chi connectivity index (χ3n) is 5.81. The van der Waals surface area contributed by atoms with Gasteiger partial charge in [0.2, 0.25) is 11.8 Å². The largest absolute Gasteiger partial charge is 0.497 e. The molecule has 32 heavy (non-hydrogen) atoms. The number of nitrogens with zero attached hydrogens (tertiary/aromatic N) is 3. The Hall–Kier alpha value is -3.42. The van der Waals surface area contributed by atoms with Crippen molar-refractivity contribution in [2.24, 2.45) is 5.92 Å². The van der Waals surface area contributed by atoms with Crippen molar-refractivity contribution < 1.29 is 18.7 Å². The van der Waals surface area contributed by atoms with Crippen LogP contribution in [0.3, 0.4) is 0 Å². The molecule has 1 amide bonds. The van der Waals surface area contributed by atoms with Gasteiger partial charge in [-0.2, -0.15) is 0 Å². The van der Waals surface area contributed by atoms with Gasteiger partial charge < -0.3 is 19.2 Å².